The lowest BCUT2D eigenvalue weighted by Gasteiger charge is -2.12. The summed E-state index contributed by atoms with van der Waals surface area (Å²) in [4.78, 5) is 15.3. The van der Waals surface area contributed by atoms with Crippen molar-refractivity contribution in [2.24, 2.45) is 0 Å². The predicted octanol–water partition coefficient (Wildman–Crippen LogP) is 4.85. The van der Waals surface area contributed by atoms with E-state index >= 15 is 0 Å². The summed E-state index contributed by atoms with van der Waals surface area (Å²) in [6, 6.07) is 8.87. The van der Waals surface area contributed by atoms with Gasteiger partial charge in [0, 0.05) is 31.3 Å². The number of carbonyl (C=O) groups is 1. The molecule has 1 aromatic carbocycles. The number of nitrogens with one attached hydrogen (secondary N) is 1. The van der Waals surface area contributed by atoms with Gasteiger partial charge in [-0.05, 0) is 44.5 Å². The van der Waals surface area contributed by atoms with Crippen LogP contribution >= 0.6 is 11.6 Å². The molecule has 5 nitrogen and oxygen atoms in total. The van der Waals surface area contributed by atoms with Crippen LogP contribution < -0.4 is 14.8 Å². The monoisotopic (exact) mass is 374 g/mol. The summed E-state index contributed by atoms with van der Waals surface area (Å²) in [5, 5.41) is 3.24. The lowest BCUT2D eigenvalue weighted by atomic mass is 10.2. The summed E-state index contributed by atoms with van der Waals surface area (Å²) in [6.45, 7) is 7.30. The number of hydrogen-bond acceptors (Lipinski definition) is 4. The highest BCUT2D eigenvalue weighted by atomic mass is 35.5. The molecule has 0 saturated carbocycles. The normalized spacial score (nSPS) is 12.2. The maximum Gasteiger partial charge on any atom is 0.219 e. The molecule has 26 heavy (non-hydrogen) atoms. The Morgan fingerprint density at radius 3 is 2.58 bits per heavy atom. The van der Waals surface area contributed by atoms with E-state index in [0.29, 0.717) is 22.4 Å². The van der Waals surface area contributed by atoms with Gasteiger partial charge in [-0.15, -0.1) is 0 Å². The van der Waals surface area contributed by atoms with E-state index in [0.717, 1.165) is 5.56 Å². The quantitative estimate of drug-likeness (QED) is 0.752. The largest absolute Gasteiger partial charge is 0.491 e. The number of aromatic nitrogens is 1. The first kappa shape index (κ1) is 19.8. The molecule has 1 N–H and O–H groups in total. The molecule has 0 spiro atoms. The lowest BCUT2D eigenvalue weighted by Crippen LogP contribution is -2.28. The van der Waals surface area contributed by atoms with Crippen LogP contribution in [-0.4, -0.2) is 23.0 Å². The SMILES string of the molecule is CC(=O)N[C@@H](C)/C=C/c1ccc(Oc2ccc(OC(C)C)cc2Cl)nc1. The average Bonchev–Trinajstić information content (AvgIpc) is 2.55. The van der Waals surface area contributed by atoms with Crippen LogP contribution in [0.2, 0.25) is 5.02 Å². The molecular weight excluding hydrogens is 352 g/mol. The van der Waals surface area contributed by atoms with E-state index in [-0.39, 0.29) is 18.1 Å². The molecule has 0 aliphatic carbocycles. The van der Waals surface area contributed by atoms with Gasteiger partial charge >= 0.3 is 0 Å². The highest BCUT2D eigenvalue weighted by Gasteiger charge is 2.07. The number of amides is 1. The van der Waals surface area contributed by atoms with Gasteiger partial charge in [-0.3, -0.25) is 4.79 Å². The molecule has 0 saturated heterocycles. The molecule has 0 fully saturated rings. The highest BCUT2D eigenvalue weighted by Crippen LogP contribution is 2.32. The molecule has 0 unspecified atom stereocenters. The highest BCUT2D eigenvalue weighted by molar-refractivity contribution is 6.32. The van der Waals surface area contributed by atoms with Gasteiger partial charge in [-0.25, -0.2) is 4.98 Å². The molecule has 0 aliphatic heterocycles. The molecule has 1 heterocycles. The Kier molecular flexibility index (Phi) is 7.04. The number of pyridine rings is 1. The van der Waals surface area contributed by atoms with E-state index < -0.39 is 0 Å². The van der Waals surface area contributed by atoms with Crippen LogP contribution in [0.5, 0.6) is 17.4 Å². The van der Waals surface area contributed by atoms with Gasteiger partial charge in [0.05, 0.1) is 11.1 Å². The minimum Gasteiger partial charge on any atom is -0.491 e. The van der Waals surface area contributed by atoms with Gasteiger partial charge in [0.25, 0.3) is 0 Å². The first-order chi connectivity index (χ1) is 12.3. The third kappa shape index (κ3) is 6.41. The van der Waals surface area contributed by atoms with Crippen LogP contribution in [-0.2, 0) is 4.79 Å². The van der Waals surface area contributed by atoms with E-state index in [4.69, 9.17) is 21.1 Å². The lowest BCUT2D eigenvalue weighted by molar-refractivity contribution is -0.119. The fourth-order valence-corrected chi connectivity index (χ4v) is 2.41. The van der Waals surface area contributed by atoms with Crippen molar-refractivity contribution in [2.45, 2.75) is 39.8 Å². The Labute approximate surface area is 159 Å². The minimum absolute atomic E-state index is 0.0474. The molecule has 2 rings (SSSR count). The predicted molar refractivity (Wildman–Crippen MR) is 104 cm³/mol. The summed E-state index contributed by atoms with van der Waals surface area (Å²) < 4.78 is 11.3. The molecule has 138 valence electrons. The molecule has 2 aromatic rings. The van der Waals surface area contributed by atoms with Crippen LogP contribution in [0.15, 0.2) is 42.6 Å². The first-order valence-corrected chi connectivity index (χ1v) is 8.76. The fraction of sp³-hybridized carbons (Fsp3) is 0.300. The van der Waals surface area contributed by atoms with Gasteiger partial charge in [0.2, 0.25) is 11.8 Å². The van der Waals surface area contributed by atoms with Gasteiger partial charge in [0.1, 0.15) is 11.5 Å². The van der Waals surface area contributed by atoms with E-state index in [1.54, 1.807) is 24.4 Å². The second-order valence-electron chi connectivity index (χ2n) is 6.14. The Bertz CT molecular complexity index is 773. The van der Waals surface area contributed by atoms with Crippen molar-refractivity contribution in [1.29, 1.82) is 0 Å². The van der Waals surface area contributed by atoms with Crippen LogP contribution in [0.25, 0.3) is 6.08 Å². The number of ether oxygens (including phenoxy) is 2. The molecule has 6 heteroatoms. The maximum atomic E-state index is 11.0. The van der Waals surface area contributed by atoms with Gasteiger partial charge in [0.15, 0.2) is 0 Å². The van der Waals surface area contributed by atoms with E-state index in [2.05, 4.69) is 10.3 Å². The number of rotatable bonds is 7. The maximum absolute atomic E-state index is 11.0. The van der Waals surface area contributed by atoms with Crippen molar-refractivity contribution in [2.75, 3.05) is 0 Å². The van der Waals surface area contributed by atoms with Crippen molar-refractivity contribution < 1.29 is 14.3 Å². The summed E-state index contributed by atoms with van der Waals surface area (Å²) in [7, 11) is 0. The smallest absolute Gasteiger partial charge is 0.219 e. The third-order valence-electron chi connectivity index (χ3n) is 3.26. The number of halogens is 1. The van der Waals surface area contributed by atoms with Crippen molar-refractivity contribution in [3.8, 4) is 17.4 Å². The van der Waals surface area contributed by atoms with Crippen molar-refractivity contribution in [3.05, 3.63) is 53.2 Å². The van der Waals surface area contributed by atoms with Gasteiger partial charge < -0.3 is 14.8 Å². The summed E-state index contributed by atoms with van der Waals surface area (Å²) >= 11 is 6.24. The fourth-order valence-electron chi connectivity index (χ4n) is 2.20. The topological polar surface area (TPSA) is 60.5 Å². The molecule has 1 atom stereocenters. The number of hydrogen-bond donors (Lipinski definition) is 1. The molecule has 0 bridgehead atoms. The zero-order chi connectivity index (χ0) is 19.1. The van der Waals surface area contributed by atoms with Gasteiger partial charge in [-0.2, -0.15) is 0 Å². The zero-order valence-corrected chi connectivity index (χ0v) is 16.1. The Morgan fingerprint density at radius 2 is 2.00 bits per heavy atom. The molecule has 1 aromatic heterocycles. The third-order valence-corrected chi connectivity index (χ3v) is 3.55. The standard InChI is InChI=1S/C20H23ClN2O3/c1-13(2)25-17-8-9-19(18(21)11-17)26-20-10-7-16(12-22-20)6-5-14(3)23-15(4)24/h5-14H,1-4H3,(H,23,24)/b6-5+/t14-/m0/s1. The van der Waals surface area contributed by atoms with E-state index in [9.17, 15) is 4.79 Å². The van der Waals surface area contributed by atoms with E-state index in [1.165, 1.54) is 6.92 Å². The second kappa shape index (κ2) is 9.25. The van der Waals surface area contributed by atoms with Crippen LogP contribution in [0.1, 0.15) is 33.3 Å². The molecule has 1 amide bonds. The average molecular weight is 375 g/mol. The van der Waals surface area contributed by atoms with E-state index in [1.807, 2.05) is 45.1 Å². The molecular formula is C20H23ClN2O3. The number of nitrogens with zero attached hydrogens (tertiary/aromatic N) is 1. The second-order valence-corrected chi connectivity index (χ2v) is 6.55. The van der Waals surface area contributed by atoms with Crippen LogP contribution in [0, 0.1) is 0 Å². The zero-order valence-electron chi connectivity index (χ0n) is 15.3. The van der Waals surface area contributed by atoms with Crippen LogP contribution in [0.3, 0.4) is 0 Å². The van der Waals surface area contributed by atoms with Crippen molar-refractivity contribution in [1.82, 2.24) is 10.3 Å². The Hall–Kier alpha value is -2.53. The summed E-state index contributed by atoms with van der Waals surface area (Å²) in [5.41, 5.74) is 0.904. The van der Waals surface area contributed by atoms with Crippen LogP contribution in [0.4, 0.5) is 0 Å². The minimum atomic E-state index is -0.0642. The molecule has 0 radical (unpaired) electrons. The Balaban J connectivity index is 2.01. The van der Waals surface area contributed by atoms with Gasteiger partial charge in [-0.1, -0.05) is 23.8 Å². The first-order valence-electron chi connectivity index (χ1n) is 8.39. The summed E-state index contributed by atoms with van der Waals surface area (Å²) in [6.07, 6.45) is 5.55. The Morgan fingerprint density at radius 1 is 1.23 bits per heavy atom. The van der Waals surface area contributed by atoms with Crippen molar-refractivity contribution in [3.63, 3.8) is 0 Å². The van der Waals surface area contributed by atoms with Crippen molar-refractivity contribution >= 4 is 23.6 Å². The molecule has 0 aliphatic rings. The number of benzene rings is 1. The number of carbonyl (C=O) groups excluding carboxylic acids is 1. The summed E-state index contributed by atoms with van der Waals surface area (Å²) in [5.74, 6) is 1.58.